The van der Waals surface area contributed by atoms with E-state index in [-0.39, 0.29) is 0 Å². The van der Waals surface area contributed by atoms with Gasteiger partial charge in [0, 0.05) is 11.5 Å². The highest BCUT2D eigenvalue weighted by molar-refractivity contribution is 9.11. The van der Waals surface area contributed by atoms with E-state index in [4.69, 9.17) is 5.11 Å². The number of hydrogen-bond donors (Lipinski definition) is 1. The molecule has 0 atom stereocenters. The number of allylic oxidation sites excluding steroid dienone is 1. The Morgan fingerprint density at radius 3 is 2.90 bits per heavy atom. The van der Waals surface area contributed by atoms with Crippen LogP contribution in [0.3, 0.4) is 0 Å². The first-order valence-corrected chi connectivity index (χ1v) is 6.78. The lowest BCUT2D eigenvalue weighted by atomic mass is 10.2. The van der Waals surface area contributed by atoms with Gasteiger partial charge in [-0.3, -0.25) is 0 Å². The molecule has 1 nitrogen and oxygen atoms in total. The molecule has 0 amide bonds. The van der Waals surface area contributed by atoms with Crippen molar-refractivity contribution in [2.24, 2.45) is 0 Å². The van der Waals surface area contributed by atoms with Crippen molar-refractivity contribution in [2.75, 3.05) is 6.61 Å². The Labute approximate surface area is 72.8 Å². The summed E-state index contributed by atoms with van der Waals surface area (Å²) in [4.78, 5) is 1.46. The third-order valence-electron chi connectivity index (χ3n) is 1.19. The second kappa shape index (κ2) is 5.41. The van der Waals surface area contributed by atoms with Gasteiger partial charge in [0.15, 0.2) is 0 Å². The Balaban J connectivity index is 2.01. The molecule has 0 saturated heterocycles. The quantitative estimate of drug-likeness (QED) is 0.548. The average Bonchev–Trinajstić information content (AvgIpc) is 2.41. The summed E-state index contributed by atoms with van der Waals surface area (Å²) in [7, 11) is 5.47. The van der Waals surface area contributed by atoms with Crippen LogP contribution in [0.4, 0.5) is 0 Å². The normalized spacial score (nSPS) is 17.5. The molecule has 0 aromatic rings. The average molecular weight is 194 g/mol. The molecule has 0 aliphatic carbocycles. The van der Waals surface area contributed by atoms with Crippen LogP contribution in [0.15, 0.2) is 10.3 Å². The predicted molar refractivity (Wildman–Crippen MR) is 51.8 cm³/mol. The Kier molecular flexibility index (Phi) is 4.78. The van der Waals surface area contributed by atoms with Crippen LogP contribution >= 0.6 is 31.4 Å². The number of aliphatic hydroxyl groups is 1. The molecule has 58 valence electrons. The molecule has 0 radical (unpaired) electrons. The van der Waals surface area contributed by atoms with Gasteiger partial charge in [-0.2, -0.15) is 0 Å². The van der Waals surface area contributed by atoms with E-state index in [2.05, 4.69) is 5.41 Å². The van der Waals surface area contributed by atoms with Gasteiger partial charge in [0.25, 0.3) is 0 Å². The van der Waals surface area contributed by atoms with Gasteiger partial charge in [-0.05, 0) is 45.3 Å². The van der Waals surface area contributed by atoms with E-state index >= 15 is 0 Å². The van der Waals surface area contributed by atoms with Gasteiger partial charge in [-0.15, -0.1) is 0 Å². The minimum absolute atomic E-state index is 0.332. The molecule has 1 aliphatic rings. The van der Waals surface area contributed by atoms with Crippen molar-refractivity contribution < 1.29 is 5.11 Å². The zero-order valence-electron chi connectivity index (χ0n) is 5.58. The monoisotopic (exact) mass is 194 g/mol. The van der Waals surface area contributed by atoms with Crippen molar-refractivity contribution in [3.05, 3.63) is 10.3 Å². The standard InChI is InChI=1S/C6H10OS3/c7-4-2-1-3-6-5-8-10-9-6/h5,7H,1-4H2. The van der Waals surface area contributed by atoms with Crippen LogP contribution in [0.1, 0.15) is 19.3 Å². The number of aliphatic hydroxyl groups excluding tert-OH is 1. The maximum atomic E-state index is 8.50. The Hall–Kier alpha value is 0.750. The Bertz CT molecular complexity index is 124. The molecule has 10 heavy (non-hydrogen) atoms. The summed E-state index contributed by atoms with van der Waals surface area (Å²) < 4.78 is 0. The molecular formula is C6H10OS3. The Morgan fingerprint density at radius 1 is 1.40 bits per heavy atom. The highest BCUT2D eigenvalue weighted by Crippen LogP contribution is 2.50. The van der Waals surface area contributed by atoms with Crippen LogP contribution in [0.25, 0.3) is 0 Å². The van der Waals surface area contributed by atoms with Gasteiger partial charge >= 0.3 is 0 Å². The van der Waals surface area contributed by atoms with Gasteiger partial charge in [-0.1, -0.05) is 10.8 Å². The molecule has 1 aliphatic heterocycles. The molecule has 0 unspecified atom stereocenters. The van der Waals surface area contributed by atoms with Crippen LogP contribution in [-0.4, -0.2) is 11.7 Å². The number of unbranched alkanes of at least 4 members (excludes halogenated alkanes) is 1. The van der Waals surface area contributed by atoms with E-state index in [1.807, 2.05) is 20.6 Å². The largest absolute Gasteiger partial charge is 0.396 e. The molecule has 0 fully saturated rings. The maximum absolute atomic E-state index is 8.50. The van der Waals surface area contributed by atoms with Crippen LogP contribution in [0.5, 0.6) is 0 Å². The molecule has 0 spiro atoms. The first kappa shape index (κ1) is 8.84. The van der Waals surface area contributed by atoms with Crippen molar-refractivity contribution in [3.63, 3.8) is 0 Å². The molecule has 0 aromatic carbocycles. The van der Waals surface area contributed by atoms with Crippen LogP contribution in [0.2, 0.25) is 0 Å². The van der Waals surface area contributed by atoms with Crippen molar-refractivity contribution in [1.29, 1.82) is 0 Å². The first-order chi connectivity index (χ1) is 4.93. The third kappa shape index (κ3) is 3.23. The number of rotatable bonds is 4. The van der Waals surface area contributed by atoms with E-state index in [9.17, 15) is 0 Å². The zero-order chi connectivity index (χ0) is 7.23. The summed E-state index contributed by atoms with van der Waals surface area (Å²) in [5, 5.41) is 10.7. The third-order valence-corrected chi connectivity index (χ3v) is 5.09. The van der Waals surface area contributed by atoms with Crippen LogP contribution < -0.4 is 0 Å². The van der Waals surface area contributed by atoms with Crippen LogP contribution in [-0.2, 0) is 0 Å². The molecule has 1 N–H and O–H groups in total. The second-order valence-electron chi connectivity index (χ2n) is 2.01. The van der Waals surface area contributed by atoms with Crippen molar-refractivity contribution in [1.82, 2.24) is 0 Å². The summed E-state index contributed by atoms with van der Waals surface area (Å²) in [6.07, 6.45) is 3.20. The molecule has 1 rings (SSSR count). The van der Waals surface area contributed by atoms with Crippen molar-refractivity contribution in [3.8, 4) is 0 Å². The smallest absolute Gasteiger partial charge is 0.0431 e. The predicted octanol–water partition coefficient (Wildman–Crippen LogP) is 3.03. The van der Waals surface area contributed by atoms with E-state index in [0.717, 1.165) is 19.3 Å². The number of hydrogen-bond acceptors (Lipinski definition) is 4. The second-order valence-corrected chi connectivity index (χ2v) is 5.98. The molecule has 1 heterocycles. The van der Waals surface area contributed by atoms with Crippen LogP contribution in [0, 0.1) is 0 Å². The summed E-state index contributed by atoms with van der Waals surface area (Å²) >= 11 is 0. The fourth-order valence-corrected chi connectivity index (χ4v) is 4.71. The van der Waals surface area contributed by atoms with E-state index in [1.54, 1.807) is 10.8 Å². The molecule has 0 aromatic heterocycles. The summed E-state index contributed by atoms with van der Waals surface area (Å²) in [6.45, 7) is 0.332. The zero-order valence-corrected chi connectivity index (χ0v) is 8.03. The van der Waals surface area contributed by atoms with Crippen molar-refractivity contribution >= 4 is 31.4 Å². The van der Waals surface area contributed by atoms with Gasteiger partial charge in [0.1, 0.15) is 0 Å². The highest BCUT2D eigenvalue weighted by Gasteiger charge is 2.05. The van der Waals surface area contributed by atoms with Gasteiger partial charge in [0.2, 0.25) is 0 Å². The maximum Gasteiger partial charge on any atom is 0.0431 e. The van der Waals surface area contributed by atoms with Crippen molar-refractivity contribution in [2.45, 2.75) is 19.3 Å². The van der Waals surface area contributed by atoms with E-state index in [0.29, 0.717) is 6.61 Å². The van der Waals surface area contributed by atoms with Gasteiger partial charge in [0.05, 0.1) is 0 Å². The summed E-state index contributed by atoms with van der Waals surface area (Å²) in [5.74, 6) is 0. The van der Waals surface area contributed by atoms with Gasteiger partial charge in [-0.25, -0.2) is 0 Å². The fourth-order valence-electron chi connectivity index (χ4n) is 0.668. The SMILES string of the molecule is OCCCCC1=CSSS1. The molecular weight excluding hydrogens is 184 g/mol. The lowest BCUT2D eigenvalue weighted by Gasteiger charge is -1.96. The minimum Gasteiger partial charge on any atom is -0.396 e. The summed E-state index contributed by atoms with van der Waals surface area (Å²) in [5.41, 5.74) is 0. The Morgan fingerprint density at radius 2 is 2.30 bits per heavy atom. The minimum atomic E-state index is 0.332. The highest BCUT2D eigenvalue weighted by atomic mass is 33.5. The first-order valence-electron chi connectivity index (χ1n) is 3.23. The molecule has 0 bridgehead atoms. The summed E-state index contributed by atoms with van der Waals surface area (Å²) in [6, 6.07) is 0. The van der Waals surface area contributed by atoms with E-state index in [1.165, 1.54) is 4.91 Å². The topological polar surface area (TPSA) is 20.2 Å². The molecule has 0 saturated carbocycles. The van der Waals surface area contributed by atoms with Gasteiger partial charge < -0.3 is 5.11 Å². The lowest BCUT2D eigenvalue weighted by molar-refractivity contribution is 0.285. The van der Waals surface area contributed by atoms with E-state index < -0.39 is 0 Å². The fraction of sp³-hybridized carbons (Fsp3) is 0.667. The molecule has 4 heteroatoms. The lowest BCUT2D eigenvalue weighted by Crippen LogP contribution is -1.82.